The quantitative estimate of drug-likeness (QED) is 0.625. The number of hydrogen-bond donors (Lipinski definition) is 1. The number of alkyl halides is 2. The molecule has 0 aromatic heterocycles. The van der Waals surface area contributed by atoms with Gasteiger partial charge in [-0.25, -0.2) is 8.78 Å². The number of nitro benzene ring substituents is 1. The number of phenols is 1. The lowest BCUT2D eigenvalue weighted by atomic mass is 10.1. The molecule has 0 unspecified atom stereocenters. The minimum Gasteiger partial charge on any atom is -0.504 e. The number of benzene rings is 1. The van der Waals surface area contributed by atoms with Crippen molar-refractivity contribution < 1.29 is 23.5 Å². The molecule has 0 saturated heterocycles. The maximum absolute atomic E-state index is 12.4. The van der Waals surface area contributed by atoms with Crippen LogP contribution >= 0.6 is 0 Å². The van der Waals surface area contributed by atoms with Crippen LogP contribution in [0.4, 0.5) is 14.5 Å². The number of halogens is 2. The standard InChI is InChI=1S/C8H7F2NO4/c1-15-7-5(12)3-2-4(8(9)10)6(7)11(13)14/h2-3,8,12H,1H3. The first-order valence-electron chi connectivity index (χ1n) is 3.81. The average molecular weight is 219 g/mol. The van der Waals surface area contributed by atoms with Gasteiger partial charge in [-0.3, -0.25) is 10.1 Å². The van der Waals surface area contributed by atoms with E-state index in [1.807, 2.05) is 0 Å². The van der Waals surface area contributed by atoms with E-state index in [0.717, 1.165) is 19.2 Å². The van der Waals surface area contributed by atoms with Crippen molar-refractivity contribution >= 4 is 5.69 Å². The highest BCUT2D eigenvalue weighted by Gasteiger charge is 2.28. The van der Waals surface area contributed by atoms with E-state index < -0.39 is 34.1 Å². The van der Waals surface area contributed by atoms with E-state index in [9.17, 15) is 24.0 Å². The average Bonchev–Trinajstić information content (AvgIpc) is 2.16. The Balaban J connectivity index is 3.49. The smallest absolute Gasteiger partial charge is 0.323 e. The summed E-state index contributed by atoms with van der Waals surface area (Å²) >= 11 is 0. The van der Waals surface area contributed by atoms with Crippen molar-refractivity contribution in [1.82, 2.24) is 0 Å². The van der Waals surface area contributed by atoms with Crippen molar-refractivity contribution in [3.05, 3.63) is 27.8 Å². The first-order chi connectivity index (χ1) is 6.99. The van der Waals surface area contributed by atoms with Crippen LogP contribution in [0.2, 0.25) is 0 Å². The fraction of sp³-hybridized carbons (Fsp3) is 0.250. The van der Waals surface area contributed by atoms with E-state index in [1.165, 1.54) is 0 Å². The molecule has 0 aliphatic rings. The van der Waals surface area contributed by atoms with Crippen LogP contribution in [0, 0.1) is 10.1 Å². The summed E-state index contributed by atoms with van der Waals surface area (Å²) in [6.07, 6.45) is -3.00. The Labute approximate surface area is 83.1 Å². The summed E-state index contributed by atoms with van der Waals surface area (Å²) in [5.41, 5.74) is -1.69. The lowest BCUT2D eigenvalue weighted by Crippen LogP contribution is -1.99. The Kier molecular flexibility index (Phi) is 3.03. The van der Waals surface area contributed by atoms with Crippen LogP contribution in [0.1, 0.15) is 12.0 Å². The second-order valence-electron chi connectivity index (χ2n) is 2.61. The Bertz CT molecular complexity index is 394. The predicted octanol–water partition coefficient (Wildman–Crippen LogP) is 2.25. The molecule has 0 saturated carbocycles. The molecule has 1 aromatic rings. The van der Waals surface area contributed by atoms with Gasteiger partial charge in [0.25, 0.3) is 6.43 Å². The molecule has 0 fully saturated rings. The maximum Gasteiger partial charge on any atom is 0.323 e. The molecule has 0 bridgehead atoms. The summed E-state index contributed by atoms with van der Waals surface area (Å²) in [7, 11) is 1.05. The van der Waals surface area contributed by atoms with Gasteiger partial charge in [-0.2, -0.15) is 0 Å². The maximum atomic E-state index is 12.4. The molecule has 7 heteroatoms. The molecular weight excluding hydrogens is 212 g/mol. The zero-order chi connectivity index (χ0) is 11.6. The van der Waals surface area contributed by atoms with Crippen LogP contribution in [0.5, 0.6) is 11.5 Å². The van der Waals surface area contributed by atoms with Crippen LogP contribution in [0.3, 0.4) is 0 Å². The summed E-state index contributed by atoms with van der Waals surface area (Å²) in [6.45, 7) is 0. The summed E-state index contributed by atoms with van der Waals surface area (Å²) in [6, 6.07) is 1.72. The molecule has 15 heavy (non-hydrogen) atoms. The Hall–Kier alpha value is -1.92. The first-order valence-corrected chi connectivity index (χ1v) is 3.81. The van der Waals surface area contributed by atoms with E-state index in [-0.39, 0.29) is 0 Å². The number of phenolic OH excluding ortho intramolecular Hbond substituents is 1. The zero-order valence-corrected chi connectivity index (χ0v) is 7.61. The Morgan fingerprint density at radius 2 is 2.13 bits per heavy atom. The third kappa shape index (κ3) is 1.95. The van der Waals surface area contributed by atoms with E-state index in [4.69, 9.17) is 0 Å². The summed E-state index contributed by atoms with van der Waals surface area (Å²) in [5.74, 6) is -1.11. The van der Waals surface area contributed by atoms with Gasteiger partial charge in [0.1, 0.15) is 0 Å². The Morgan fingerprint density at radius 3 is 2.53 bits per heavy atom. The molecule has 0 atom stereocenters. The number of ether oxygens (including phenoxy) is 1. The third-order valence-electron chi connectivity index (χ3n) is 1.76. The highest BCUT2D eigenvalue weighted by Crippen LogP contribution is 2.42. The van der Waals surface area contributed by atoms with Crippen molar-refractivity contribution in [3.8, 4) is 11.5 Å². The number of hydrogen-bond acceptors (Lipinski definition) is 4. The van der Waals surface area contributed by atoms with E-state index >= 15 is 0 Å². The van der Waals surface area contributed by atoms with Crippen LogP contribution in [-0.4, -0.2) is 17.1 Å². The molecule has 0 spiro atoms. The summed E-state index contributed by atoms with van der Waals surface area (Å²) in [4.78, 5) is 9.53. The van der Waals surface area contributed by atoms with E-state index in [2.05, 4.69) is 4.74 Å². The molecule has 82 valence electrons. The van der Waals surface area contributed by atoms with Crippen molar-refractivity contribution in [2.45, 2.75) is 6.43 Å². The van der Waals surface area contributed by atoms with Crippen LogP contribution in [-0.2, 0) is 0 Å². The topological polar surface area (TPSA) is 72.6 Å². The lowest BCUT2D eigenvalue weighted by molar-refractivity contribution is -0.387. The van der Waals surface area contributed by atoms with Crippen molar-refractivity contribution in [1.29, 1.82) is 0 Å². The van der Waals surface area contributed by atoms with E-state index in [1.54, 1.807) is 0 Å². The molecule has 0 amide bonds. The first kappa shape index (κ1) is 11.2. The van der Waals surface area contributed by atoms with Gasteiger partial charge in [0, 0.05) is 0 Å². The third-order valence-corrected chi connectivity index (χ3v) is 1.76. The molecule has 0 aliphatic carbocycles. The largest absolute Gasteiger partial charge is 0.504 e. The van der Waals surface area contributed by atoms with Crippen LogP contribution in [0.15, 0.2) is 12.1 Å². The summed E-state index contributed by atoms with van der Waals surface area (Å²) < 4.78 is 29.3. The van der Waals surface area contributed by atoms with Gasteiger partial charge in [-0.15, -0.1) is 0 Å². The normalized spacial score (nSPS) is 10.4. The van der Waals surface area contributed by atoms with E-state index in [0.29, 0.717) is 0 Å². The molecular formula is C8H7F2NO4. The second-order valence-corrected chi connectivity index (χ2v) is 2.61. The van der Waals surface area contributed by atoms with Crippen LogP contribution < -0.4 is 4.74 Å². The van der Waals surface area contributed by atoms with Crippen molar-refractivity contribution in [2.75, 3.05) is 7.11 Å². The molecule has 1 N–H and O–H groups in total. The summed E-state index contributed by atoms with van der Waals surface area (Å²) in [5, 5.41) is 19.7. The predicted molar refractivity (Wildman–Crippen MR) is 46.3 cm³/mol. The molecule has 0 aliphatic heterocycles. The van der Waals surface area contributed by atoms with Gasteiger partial charge >= 0.3 is 5.69 Å². The minimum atomic E-state index is -3.00. The highest BCUT2D eigenvalue weighted by atomic mass is 19.3. The van der Waals surface area contributed by atoms with Gasteiger partial charge in [0.2, 0.25) is 5.75 Å². The van der Waals surface area contributed by atoms with Gasteiger partial charge in [-0.05, 0) is 12.1 Å². The van der Waals surface area contributed by atoms with Crippen molar-refractivity contribution in [2.24, 2.45) is 0 Å². The second kappa shape index (κ2) is 4.07. The number of methoxy groups -OCH3 is 1. The monoisotopic (exact) mass is 219 g/mol. The number of nitrogens with zero attached hydrogens (tertiary/aromatic N) is 1. The van der Waals surface area contributed by atoms with Gasteiger partial charge in [-0.1, -0.05) is 0 Å². The molecule has 0 heterocycles. The molecule has 1 aromatic carbocycles. The van der Waals surface area contributed by atoms with Gasteiger partial charge in [0.05, 0.1) is 17.6 Å². The number of nitro groups is 1. The molecule has 5 nitrogen and oxygen atoms in total. The minimum absolute atomic E-state index is 0.548. The number of rotatable bonds is 3. The van der Waals surface area contributed by atoms with Crippen LogP contribution in [0.25, 0.3) is 0 Å². The zero-order valence-electron chi connectivity index (χ0n) is 7.61. The SMILES string of the molecule is COc1c(O)ccc(C(F)F)c1[N+](=O)[O-]. The van der Waals surface area contributed by atoms with Gasteiger partial charge in [0.15, 0.2) is 5.75 Å². The molecule has 0 radical (unpaired) electrons. The lowest BCUT2D eigenvalue weighted by Gasteiger charge is -2.07. The fourth-order valence-electron chi connectivity index (χ4n) is 1.14. The molecule has 1 rings (SSSR count). The highest BCUT2D eigenvalue weighted by molar-refractivity contribution is 5.60. The fourth-order valence-corrected chi connectivity index (χ4v) is 1.14. The Morgan fingerprint density at radius 1 is 1.53 bits per heavy atom. The van der Waals surface area contributed by atoms with Crippen molar-refractivity contribution in [3.63, 3.8) is 0 Å². The van der Waals surface area contributed by atoms with Gasteiger partial charge < -0.3 is 9.84 Å². The number of aromatic hydroxyl groups is 1.